The lowest BCUT2D eigenvalue weighted by Crippen LogP contribution is -2.11. The number of halogens is 6. The summed E-state index contributed by atoms with van der Waals surface area (Å²) in [5.74, 6) is 0.500. The number of para-hydroxylation sites is 1. The van der Waals surface area contributed by atoms with Crippen LogP contribution in [-0.2, 0) is 12.4 Å². The Kier molecular flexibility index (Phi) is 9.41. The Morgan fingerprint density at radius 2 is 0.951 bits per heavy atom. The van der Waals surface area contributed by atoms with Crippen LogP contribution in [0.3, 0.4) is 0 Å². The van der Waals surface area contributed by atoms with Gasteiger partial charge in [0.05, 0.1) is 45.4 Å². The monoisotopic (exact) mass is 812 g/mol. The van der Waals surface area contributed by atoms with Gasteiger partial charge in [0.1, 0.15) is 0 Å². The van der Waals surface area contributed by atoms with Crippen LogP contribution >= 0.6 is 0 Å². The Bertz CT molecular complexity index is 3130. The lowest BCUT2D eigenvalue weighted by molar-refractivity contribution is -0.143. The number of hydrogen-bond donors (Lipinski definition) is 0. The van der Waals surface area contributed by atoms with Crippen LogP contribution in [0.2, 0.25) is 0 Å². The summed E-state index contributed by atoms with van der Waals surface area (Å²) in [5.41, 5.74) is 2.21. The average molecular weight is 813 g/mol. The van der Waals surface area contributed by atoms with Crippen molar-refractivity contribution in [1.29, 1.82) is 10.5 Å². The standard InChI is InChI=1S/C49H26F6N6/c50-48(51,52)36-22-35(23-37(25-36)49(53,54)55)39-17-16-38(26-42(39)47-59-45(31-9-3-1-4-10-31)58-46(60-47)32-11-5-2-6-12-32)61-43-14-8-7-13-40(43)41-24-33(15-18-44(41)61)34-20-29(27-56)19-30(21-34)28-57/h1-26H. The van der Waals surface area contributed by atoms with Crippen molar-refractivity contribution in [3.8, 4) is 74.2 Å². The SMILES string of the molecule is N#Cc1cc(C#N)cc(-c2ccc3c(c2)c2ccccc2n3-c2ccc(-c3cc(C(F)(F)F)cc(C(F)(F)F)c3)c(-c3nc(-c4ccccc4)nc(-c4ccccc4)n3)c2)c1. The molecule has 0 atom stereocenters. The van der Waals surface area contributed by atoms with Crippen LogP contribution in [0.15, 0.2) is 158 Å². The van der Waals surface area contributed by atoms with Gasteiger partial charge >= 0.3 is 12.4 Å². The normalized spacial score (nSPS) is 11.7. The highest BCUT2D eigenvalue weighted by atomic mass is 19.4. The van der Waals surface area contributed by atoms with Crippen molar-refractivity contribution in [1.82, 2.24) is 19.5 Å². The Balaban J connectivity index is 1.33. The summed E-state index contributed by atoms with van der Waals surface area (Å²) in [6, 6.07) is 46.7. The predicted molar refractivity (Wildman–Crippen MR) is 221 cm³/mol. The van der Waals surface area contributed by atoms with Gasteiger partial charge in [-0.1, -0.05) is 91.0 Å². The zero-order valence-electron chi connectivity index (χ0n) is 31.5. The molecule has 9 aromatic rings. The Hall–Kier alpha value is -8.09. The summed E-state index contributed by atoms with van der Waals surface area (Å²) in [5, 5.41) is 20.9. The van der Waals surface area contributed by atoms with E-state index in [0.29, 0.717) is 45.6 Å². The molecule has 7 aromatic carbocycles. The van der Waals surface area contributed by atoms with Crippen molar-refractivity contribution in [3.63, 3.8) is 0 Å². The fraction of sp³-hybridized carbons (Fsp3) is 0.0408. The lowest BCUT2D eigenvalue weighted by atomic mass is 9.94. The van der Waals surface area contributed by atoms with Crippen molar-refractivity contribution < 1.29 is 26.3 Å². The minimum Gasteiger partial charge on any atom is -0.309 e. The number of benzene rings is 7. The van der Waals surface area contributed by atoms with Gasteiger partial charge < -0.3 is 4.57 Å². The van der Waals surface area contributed by atoms with Gasteiger partial charge in [-0.25, -0.2) is 15.0 Å². The molecule has 294 valence electrons. The van der Waals surface area contributed by atoms with E-state index in [1.165, 1.54) is 12.1 Å². The summed E-state index contributed by atoms with van der Waals surface area (Å²) in [4.78, 5) is 14.4. The van der Waals surface area contributed by atoms with Crippen LogP contribution in [0.4, 0.5) is 26.3 Å². The topological polar surface area (TPSA) is 91.2 Å². The highest BCUT2D eigenvalue weighted by Gasteiger charge is 2.37. The van der Waals surface area contributed by atoms with E-state index >= 15 is 0 Å². The van der Waals surface area contributed by atoms with E-state index in [2.05, 4.69) is 12.1 Å². The first-order chi connectivity index (χ1) is 29.4. The molecule has 61 heavy (non-hydrogen) atoms. The summed E-state index contributed by atoms with van der Waals surface area (Å²) < 4.78 is 87.6. The molecular formula is C49H26F6N6. The molecule has 0 unspecified atom stereocenters. The minimum absolute atomic E-state index is 0.0178. The number of nitriles is 2. The molecule has 0 bridgehead atoms. The van der Waals surface area contributed by atoms with Crippen LogP contribution in [0, 0.1) is 22.7 Å². The van der Waals surface area contributed by atoms with Crippen LogP contribution in [0.25, 0.3) is 83.9 Å². The summed E-state index contributed by atoms with van der Waals surface area (Å²) in [7, 11) is 0. The van der Waals surface area contributed by atoms with Gasteiger partial charge in [-0.2, -0.15) is 36.9 Å². The van der Waals surface area contributed by atoms with Crippen molar-refractivity contribution in [2.45, 2.75) is 12.4 Å². The quantitative estimate of drug-likeness (QED) is 0.156. The van der Waals surface area contributed by atoms with Crippen LogP contribution < -0.4 is 0 Å². The molecule has 0 radical (unpaired) electrons. The van der Waals surface area contributed by atoms with E-state index in [0.717, 1.165) is 27.4 Å². The molecule has 0 aliphatic heterocycles. The maximum absolute atomic E-state index is 14.3. The number of rotatable bonds is 6. The fourth-order valence-corrected chi connectivity index (χ4v) is 7.50. The largest absolute Gasteiger partial charge is 0.416 e. The van der Waals surface area contributed by atoms with E-state index in [1.54, 1.807) is 72.8 Å². The molecule has 0 fully saturated rings. The Morgan fingerprint density at radius 3 is 1.52 bits per heavy atom. The van der Waals surface area contributed by atoms with E-state index < -0.39 is 23.5 Å². The lowest BCUT2D eigenvalue weighted by Gasteiger charge is -2.18. The van der Waals surface area contributed by atoms with Crippen molar-refractivity contribution in [3.05, 3.63) is 180 Å². The van der Waals surface area contributed by atoms with Gasteiger partial charge in [0.15, 0.2) is 17.5 Å². The molecule has 12 heteroatoms. The average Bonchev–Trinajstić information content (AvgIpc) is 3.62. The molecule has 0 amide bonds. The van der Waals surface area contributed by atoms with E-state index in [1.807, 2.05) is 59.2 Å². The fourth-order valence-electron chi connectivity index (χ4n) is 7.50. The Morgan fingerprint density at radius 1 is 0.410 bits per heavy atom. The smallest absolute Gasteiger partial charge is 0.309 e. The van der Waals surface area contributed by atoms with E-state index in [9.17, 15) is 36.9 Å². The molecule has 0 aliphatic rings. The molecule has 9 rings (SSSR count). The predicted octanol–water partition coefficient (Wildman–Crippen LogP) is 13.1. The minimum atomic E-state index is -5.09. The first kappa shape index (κ1) is 38.4. The second-order valence-electron chi connectivity index (χ2n) is 14.2. The maximum Gasteiger partial charge on any atom is 0.416 e. The third-order valence-corrected chi connectivity index (χ3v) is 10.3. The van der Waals surface area contributed by atoms with Crippen LogP contribution in [0.1, 0.15) is 22.3 Å². The zero-order chi connectivity index (χ0) is 42.5. The highest BCUT2D eigenvalue weighted by Crippen LogP contribution is 2.43. The van der Waals surface area contributed by atoms with Gasteiger partial charge in [0.25, 0.3) is 0 Å². The number of nitrogens with zero attached hydrogens (tertiary/aromatic N) is 6. The van der Waals surface area contributed by atoms with Gasteiger partial charge in [0, 0.05) is 33.2 Å². The van der Waals surface area contributed by atoms with Gasteiger partial charge in [-0.05, 0) is 89.0 Å². The molecule has 0 saturated carbocycles. The zero-order valence-corrected chi connectivity index (χ0v) is 31.5. The maximum atomic E-state index is 14.3. The van der Waals surface area contributed by atoms with Gasteiger partial charge in [-0.15, -0.1) is 0 Å². The molecular weight excluding hydrogens is 787 g/mol. The molecule has 0 saturated heterocycles. The van der Waals surface area contributed by atoms with E-state index in [4.69, 9.17) is 15.0 Å². The van der Waals surface area contributed by atoms with Crippen molar-refractivity contribution in [2.24, 2.45) is 0 Å². The molecule has 2 aromatic heterocycles. The second kappa shape index (κ2) is 14.9. The second-order valence-corrected chi connectivity index (χ2v) is 14.2. The van der Waals surface area contributed by atoms with Gasteiger partial charge in [0.2, 0.25) is 0 Å². The summed E-state index contributed by atoms with van der Waals surface area (Å²) in [6.07, 6.45) is -10.2. The molecule has 0 N–H and O–H groups in total. The molecule has 2 heterocycles. The molecule has 0 aliphatic carbocycles. The first-order valence-corrected chi connectivity index (χ1v) is 18.7. The van der Waals surface area contributed by atoms with Crippen LogP contribution in [-0.4, -0.2) is 19.5 Å². The number of hydrogen-bond acceptors (Lipinski definition) is 5. The first-order valence-electron chi connectivity index (χ1n) is 18.7. The van der Waals surface area contributed by atoms with Gasteiger partial charge in [-0.3, -0.25) is 0 Å². The Labute approximate surface area is 343 Å². The van der Waals surface area contributed by atoms with E-state index in [-0.39, 0.29) is 40.2 Å². The summed E-state index contributed by atoms with van der Waals surface area (Å²) in [6.45, 7) is 0. The highest BCUT2D eigenvalue weighted by molar-refractivity contribution is 6.10. The van der Waals surface area contributed by atoms with Crippen molar-refractivity contribution in [2.75, 3.05) is 0 Å². The van der Waals surface area contributed by atoms with Crippen LogP contribution in [0.5, 0.6) is 0 Å². The molecule has 6 nitrogen and oxygen atoms in total. The summed E-state index contributed by atoms with van der Waals surface area (Å²) >= 11 is 0. The molecule has 0 spiro atoms. The number of aromatic nitrogens is 4. The van der Waals surface area contributed by atoms with Crippen molar-refractivity contribution >= 4 is 21.8 Å². The third-order valence-electron chi connectivity index (χ3n) is 10.3. The number of fused-ring (bicyclic) bond motifs is 3. The third kappa shape index (κ3) is 7.32. The number of alkyl halides is 6.